The normalized spacial score (nSPS) is 13.5. The van der Waals surface area contributed by atoms with E-state index < -0.39 is 6.10 Å². The standard InChI is InChI=1S/C9H10N2O/c1-6(12)7-2-3-9-8(4-7)5-10-11-9/h2-6,12H,1H3,(H,10,11)/t6-/m0/s1. The molecule has 0 aliphatic rings. The summed E-state index contributed by atoms with van der Waals surface area (Å²) in [6, 6.07) is 5.75. The first-order valence-corrected chi connectivity index (χ1v) is 3.88. The Labute approximate surface area is 70.0 Å². The highest BCUT2D eigenvalue weighted by molar-refractivity contribution is 5.78. The van der Waals surface area contributed by atoms with Gasteiger partial charge in [-0.05, 0) is 24.6 Å². The molecule has 1 aromatic carbocycles. The quantitative estimate of drug-likeness (QED) is 0.669. The van der Waals surface area contributed by atoms with Crippen molar-refractivity contribution in [1.29, 1.82) is 0 Å². The summed E-state index contributed by atoms with van der Waals surface area (Å²) in [5.74, 6) is 0. The molecule has 0 saturated heterocycles. The van der Waals surface area contributed by atoms with Crippen LogP contribution in [0.1, 0.15) is 18.6 Å². The van der Waals surface area contributed by atoms with Crippen LogP contribution in [-0.4, -0.2) is 15.3 Å². The SMILES string of the molecule is C[C@H](O)c1ccc2[nH]ncc2c1. The molecule has 0 aliphatic carbocycles. The van der Waals surface area contributed by atoms with Crippen molar-refractivity contribution < 1.29 is 5.11 Å². The summed E-state index contributed by atoms with van der Waals surface area (Å²) in [6.07, 6.45) is 1.34. The number of fused-ring (bicyclic) bond motifs is 1. The third-order valence-corrected chi connectivity index (χ3v) is 1.95. The molecule has 0 unspecified atom stereocenters. The topological polar surface area (TPSA) is 48.9 Å². The lowest BCUT2D eigenvalue weighted by Gasteiger charge is -2.02. The van der Waals surface area contributed by atoms with E-state index in [-0.39, 0.29) is 0 Å². The molecule has 1 atom stereocenters. The van der Waals surface area contributed by atoms with E-state index in [1.807, 2.05) is 18.2 Å². The zero-order valence-electron chi connectivity index (χ0n) is 6.78. The van der Waals surface area contributed by atoms with Crippen LogP contribution >= 0.6 is 0 Å². The molecular weight excluding hydrogens is 152 g/mol. The number of rotatable bonds is 1. The Morgan fingerprint density at radius 2 is 2.33 bits per heavy atom. The fourth-order valence-corrected chi connectivity index (χ4v) is 1.22. The Balaban J connectivity index is 2.60. The fourth-order valence-electron chi connectivity index (χ4n) is 1.22. The molecule has 2 N–H and O–H groups in total. The van der Waals surface area contributed by atoms with E-state index in [1.165, 1.54) is 0 Å². The molecule has 0 spiro atoms. The smallest absolute Gasteiger partial charge is 0.0762 e. The van der Waals surface area contributed by atoms with Crippen LogP contribution in [0, 0.1) is 0 Å². The van der Waals surface area contributed by atoms with E-state index in [9.17, 15) is 5.11 Å². The van der Waals surface area contributed by atoms with Crippen molar-refractivity contribution in [2.75, 3.05) is 0 Å². The van der Waals surface area contributed by atoms with Gasteiger partial charge in [0.15, 0.2) is 0 Å². The summed E-state index contributed by atoms with van der Waals surface area (Å²) in [6.45, 7) is 1.75. The Bertz CT molecular complexity index is 392. The maximum atomic E-state index is 9.29. The molecule has 0 bridgehead atoms. The maximum Gasteiger partial charge on any atom is 0.0762 e. The highest BCUT2D eigenvalue weighted by atomic mass is 16.3. The third-order valence-electron chi connectivity index (χ3n) is 1.95. The van der Waals surface area contributed by atoms with E-state index >= 15 is 0 Å². The lowest BCUT2D eigenvalue weighted by molar-refractivity contribution is 0.199. The van der Waals surface area contributed by atoms with Gasteiger partial charge in [0.1, 0.15) is 0 Å². The fraction of sp³-hybridized carbons (Fsp3) is 0.222. The second-order valence-corrected chi connectivity index (χ2v) is 2.89. The highest BCUT2D eigenvalue weighted by Crippen LogP contribution is 2.17. The minimum Gasteiger partial charge on any atom is -0.389 e. The summed E-state index contributed by atoms with van der Waals surface area (Å²) in [7, 11) is 0. The van der Waals surface area contributed by atoms with Crippen molar-refractivity contribution in [2.24, 2.45) is 0 Å². The second-order valence-electron chi connectivity index (χ2n) is 2.89. The number of benzene rings is 1. The van der Waals surface area contributed by atoms with Crippen LogP contribution in [0.3, 0.4) is 0 Å². The Hall–Kier alpha value is -1.35. The zero-order chi connectivity index (χ0) is 8.55. The summed E-state index contributed by atoms with van der Waals surface area (Å²) >= 11 is 0. The number of nitrogens with one attached hydrogen (secondary N) is 1. The van der Waals surface area contributed by atoms with E-state index in [0.717, 1.165) is 16.5 Å². The van der Waals surface area contributed by atoms with Gasteiger partial charge < -0.3 is 5.11 Å². The maximum absolute atomic E-state index is 9.29. The molecule has 0 amide bonds. The molecule has 12 heavy (non-hydrogen) atoms. The predicted octanol–water partition coefficient (Wildman–Crippen LogP) is 1.62. The van der Waals surface area contributed by atoms with Gasteiger partial charge in [0.05, 0.1) is 17.8 Å². The van der Waals surface area contributed by atoms with Crippen LogP contribution in [0.4, 0.5) is 0 Å². The summed E-state index contributed by atoms with van der Waals surface area (Å²) < 4.78 is 0. The minimum absolute atomic E-state index is 0.413. The van der Waals surface area contributed by atoms with Crippen molar-refractivity contribution in [3.05, 3.63) is 30.0 Å². The number of aliphatic hydroxyl groups is 1. The number of aliphatic hydroxyl groups excluding tert-OH is 1. The molecule has 1 aromatic heterocycles. The van der Waals surface area contributed by atoms with Crippen LogP contribution in [0.25, 0.3) is 10.9 Å². The van der Waals surface area contributed by atoms with Gasteiger partial charge in [-0.25, -0.2) is 0 Å². The van der Waals surface area contributed by atoms with Crippen LogP contribution in [0.15, 0.2) is 24.4 Å². The molecule has 0 fully saturated rings. The number of H-pyrrole nitrogens is 1. The molecule has 0 radical (unpaired) electrons. The number of nitrogens with zero attached hydrogens (tertiary/aromatic N) is 1. The summed E-state index contributed by atoms with van der Waals surface area (Å²) in [5.41, 5.74) is 1.92. The largest absolute Gasteiger partial charge is 0.389 e. The van der Waals surface area contributed by atoms with Gasteiger partial charge in [-0.15, -0.1) is 0 Å². The first kappa shape index (κ1) is 7.31. The molecule has 2 aromatic rings. The average molecular weight is 162 g/mol. The molecule has 62 valence electrons. The number of aromatic nitrogens is 2. The van der Waals surface area contributed by atoms with Crippen molar-refractivity contribution in [3.8, 4) is 0 Å². The number of hydrogen-bond acceptors (Lipinski definition) is 2. The first-order valence-electron chi connectivity index (χ1n) is 3.88. The minimum atomic E-state index is -0.413. The lowest BCUT2D eigenvalue weighted by atomic mass is 10.1. The lowest BCUT2D eigenvalue weighted by Crippen LogP contribution is -1.89. The van der Waals surface area contributed by atoms with Crippen LogP contribution < -0.4 is 0 Å². The van der Waals surface area contributed by atoms with Gasteiger partial charge in [-0.1, -0.05) is 6.07 Å². The summed E-state index contributed by atoms with van der Waals surface area (Å²) in [5, 5.41) is 17.1. The molecule has 2 rings (SSSR count). The van der Waals surface area contributed by atoms with Gasteiger partial charge in [-0.2, -0.15) is 5.10 Å². The van der Waals surface area contributed by atoms with Gasteiger partial charge in [0.2, 0.25) is 0 Å². The summed E-state index contributed by atoms with van der Waals surface area (Å²) in [4.78, 5) is 0. The molecule has 3 nitrogen and oxygen atoms in total. The van der Waals surface area contributed by atoms with Crippen LogP contribution in [0.2, 0.25) is 0 Å². The molecule has 1 heterocycles. The highest BCUT2D eigenvalue weighted by Gasteiger charge is 2.01. The monoisotopic (exact) mass is 162 g/mol. The predicted molar refractivity (Wildman–Crippen MR) is 46.7 cm³/mol. The van der Waals surface area contributed by atoms with E-state index in [2.05, 4.69) is 10.2 Å². The molecule has 3 heteroatoms. The van der Waals surface area contributed by atoms with Gasteiger partial charge in [0, 0.05) is 5.39 Å². The Kier molecular flexibility index (Phi) is 1.59. The first-order chi connectivity index (χ1) is 5.77. The molecular formula is C9H10N2O. The van der Waals surface area contributed by atoms with Gasteiger partial charge in [-0.3, -0.25) is 5.10 Å². The molecule has 0 saturated carbocycles. The second kappa shape index (κ2) is 2.60. The zero-order valence-corrected chi connectivity index (χ0v) is 6.78. The molecule has 0 aliphatic heterocycles. The van der Waals surface area contributed by atoms with E-state index in [4.69, 9.17) is 0 Å². The number of hydrogen-bond donors (Lipinski definition) is 2. The van der Waals surface area contributed by atoms with Crippen LogP contribution in [-0.2, 0) is 0 Å². The van der Waals surface area contributed by atoms with Crippen molar-refractivity contribution >= 4 is 10.9 Å². The Morgan fingerprint density at radius 3 is 3.08 bits per heavy atom. The van der Waals surface area contributed by atoms with E-state index in [0.29, 0.717) is 0 Å². The van der Waals surface area contributed by atoms with Crippen molar-refractivity contribution in [2.45, 2.75) is 13.0 Å². The van der Waals surface area contributed by atoms with Crippen molar-refractivity contribution in [3.63, 3.8) is 0 Å². The number of aromatic amines is 1. The van der Waals surface area contributed by atoms with Gasteiger partial charge in [0.25, 0.3) is 0 Å². The van der Waals surface area contributed by atoms with Gasteiger partial charge >= 0.3 is 0 Å². The van der Waals surface area contributed by atoms with Crippen LogP contribution in [0.5, 0.6) is 0 Å². The average Bonchev–Trinajstić information content (AvgIpc) is 2.49. The third kappa shape index (κ3) is 1.08. The Morgan fingerprint density at radius 1 is 1.50 bits per heavy atom. The van der Waals surface area contributed by atoms with E-state index in [1.54, 1.807) is 13.1 Å². The van der Waals surface area contributed by atoms with Crippen molar-refractivity contribution in [1.82, 2.24) is 10.2 Å².